The lowest BCUT2D eigenvalue weighted by molar-refractivity contribution is -0.887. The number of aliphatic carboxylic acids is 1. The third kappa shape index (κ3) is 36.0. The van der Waals surface area contributed by atoms with E-state index in [0.29, 0.717) is 19.3 Å². The minimum Gasteiger partial charge on any atom is -0.477 e. The first-order valence-electron chi connectivity index (χ1n) is 23.1. The Hall–Kier alpha value is -1.67. The van der Waals surface area contributed by atoms with E-state index < -0.39 is 18.1 Å². The van der Waals surface area contributed by atoms with E-state index in [0.717, 1.165) is 38.5 Å². The molecule has 0 rings (SSSR count). The number of hydrogen-bond acceptors (Lipinski definition) is 6. The van der Waals surface area contributed by atoms with Gasteiger partial charge in [-0.2, -0.15) is 0 Å². The second-order valence-corrected chi connectivity index (χ2v) is 17.0. The van der Waals surface area contributed by atoms with Crippen molar-refractivity contribution in [2.45, 2.75) is 238 Å². The van der Waals surface area contributed by atoms with Crippen LogP contribution in [-0.4, -0.2) is 80.6 Å². The number of carboxylic acids is 1. The maximum absolute atomic E-state index is 12.7. The zero-order valence-electron chi connectivity index (χ0n) is 36.5. The van der Waals surface area contributed by atoms with Crippen LogP contribution in [0.25, 0.3) is 0 Å². The average molecular weight is 769 g/mol. The minimum atomic E-state index is -0.871. The molecule has 1 N–H and O–H groups in total. The summed E-state index contributed by atoms with van der Waals surface area (Å²) in [4.78, 5) is 36.9. The van der Waals surface area contributed by atoms with E-state index in [1.54, 1.807) is 0 Å². The standard InChI is InChI=1S/C46H89NO7/c1-6-8-10-12-14-16-18-19-20-21-22-23-24-25-26-27-29-31-33-35-37-45(49)54-42(40-52-39-38-43(46(50)51)47(3,4)5)41-53-44(48)36-34-32-30-28-17-15-13-11-9-7-2/h42-43H,6-41H2,1-5H3/p+1. The van der Waals surface area contributed by atoms with Crippen molar-refractivity contribution in [2.75, 3.05) is 41.0 Å². The SMILES string of the molecule is CCCCCCCCCCCCCCCCCCCCCCC(=O)OC(COCCC(C(=O)O)[N+](C)(C)C)COC(=O)CCCCCCCCCCCC. The summed E-state index contributed by atoms with van der Waals surface area (Å²) >= 11 is 0. The fourth-order valence-corrected chi connectivity index (χ4v) is 7.15. The summed E-state index contributed by atoms with van der Waals surface area (Å²) in [5.41, 5.74) is 0. The fourth-order valence-electron chi connectivity index (χ4n) is 7.15. The molecule has 8 heteroatoms. The normalized spacial score (nSPS) is 12.8. The van der Waals surface area contributed by atoms with Crippen molar-refractivity contribution >= 4 is 17.9 Å². The lowest BCUT2D eigenvalue weighted by Crippen LogP contribution is -2.50. The van der Waals surface area contributed by atoms with Crippen molar-refractivity contribution in [3.63, 3.8) is 0 Å². The minimum absolute atomic E-state index is 0.0424. The Bertz CT molecular complexity index is 858. The summed E-state index contributed by atoms with van der Waals surface area (Å²) in [6.07, 6.45) is 38.6. The number of unbranched alkanes of at least 4 members (excludes halogenated alkanes) is 28. The Morgan fingerprint density at radius 2 is 0.815 bits per heavy atom. The predicted molar refractivity (Wildman–Crippen MR) is 225 cm³/mol. The zero-order valence-corrected chi connectivity index (χ0v) is 36.5. The number of carbonyl (C=O) groups excluding carboxylic acids is 2. The molecule has 0 aliphatic heterocycles. The van der Waals surface area contributed by atoms with Crippen molar-refractivity contribution in [1.29, 1.82) is 0 Å². The van der Waals surface area contributed by atoms with Crippen LogP contribution in [0.15, 0.2) is 0 Å². The van der Waals surface area contributed by atoms with Gasteiger partial charge in [0.25, 0.3) is 0 Å². The molecule has 0 aromatic heterocycles. The maximum atomic E-state index is 12.7. The van der Waals surface area contributed by atoms with E-state index in [-0.39, 0.29) is 36.2 Å². The van der Waals surface area contributed by atoms with Gasteiger partial charge in [0.15, 0.2) is 12.1 Å². The number of rotatable bonds is 42. The molecule has 0 saturated heterocycles. The molecule has 0 aromatic rings. The molecule has 0 aromatic carbocycles. The van der Waals surface area contributed by atoms with Crippen molar-refractivity contribution in [3.8, 4) is 0 Å². The van der Waals surface area contributed by atoms with Gasteiger partial charge >= 0.3 is 17.9 Å². The molecule has 0 aliphatic rings. The molecule has 0 fully saturated rings. The molecule has 0 radical (unpaired) electrons. The van der Waals surface area contributed by atoms with Crippen molar-refractivity contribution in [2.24, 2.45) is 0 Å². The molecular weight excluding hydrogens is 679 g/mol. The second-order valence-electron chi connectivity index (χ2n) is 17.0. The third-order valence-corrected chi connectivity index (χ3v) is 10.8. The molecule has 0 amide bonds. The quantitative estimate of drug-likeness (QED) is 0.0375. The molecule has 0 bridgehead atoms. The van der Waals surface area contributed by atoms with E-state index >= 15 is 0 Å². The molecule has 0 aliphatic carbocycles. The van der Waals surface area contributed by atoms with Crippen LogP contribution in [0.4, 0.5) is 0 Å². The van der Waals surface area contributed by atoms with Crippen molar-refractivity contribution in [3.05, 3.63) is 0 Å². The van der Waals surface area contributed by atoms with Gasteiger partial charge < -0.3 is 23.8 Å². The Labute approximate surface area is 334 Å². The third-order valence-electron chi connectivity index (χ3n) is 10.8. The smallest absolute Gasteiger partial charge is 0.362 e. The monoisotopic (exact) mass is 769 g/mol. The molecule has 2 atom stereocenters. The van der Waals surface area contributed by atoms with Gasteiger partial charge in [-0.25, -0.2) is 4.79 Å². The van der Waals surface area contributed by atoms with Crippen LogP contribution in [0.5, 0.6) is 0 Å². The Balaban J connectivity index is 4.19. The summed E-state index contributed by atoms with van der Waals surface area (Å²) < 4.78 is 17.3. The molecule has 8 nitrogen and oxygen atoms in total. The van der Waals surface area contributed by atoms with Crippen LogP contribution in [-0.2, 0) is 28.6 Å². The van der Waals surface area contributed by atoms with Gasteiger partial charge in [0.05, 0.1) is 34.4 Å². The van der Waals surface area contributed by atoms with Crippen LogP contribution < -0.4 is 0 Å². The highest BCUT2D eigenvalue weighted by molar-refractivity contribution is 5.72. The van der Waals surface area contributed by atoms with Crippen LogP contribution in [0.2, 0.25) is 0 Å². The molecule has 54 heavy (non-hydrogen) atoms. The van der Waals surface area contributed by atoms with Gasteiger partial charge in [-0.3, -0.25) is 9.59 Å². The number of hydrogen-bond donors (Lipinski definition) is 1. The van der Waals surface area contributed by atoms with Crippen LogP contribution in [0, 0.1) is 0 Å². The first-order chi connectivity index (χ1) is 26.1. The summed E-state index contributed by atoms with van der Waals surface area (Å²) in [5.74, 6) is -1.45. The molecule has 2 unspecified atom stereocenters. The lowest BCUT2D eigenvalue weighted by Gasteiger charge is -2.31. The number of nitrogens with zero attached hydrogens (tertiary/aromatic N) is 1. The molecule has 0 saturated carbocycles. The fraction of sp³-hybridized carbons (Fsp3) is 0.935. The van der Waals surface area contributed by atoms with Gasteiger partial charge in [-0.1, -0.05) is 194 Å². The van der Waals surface area contributed by atoms with Gasteiger partial charge in [0, 0.05) is 19.3 Å². The number of likely N-dealkylation sites (N-methyl/N-ethyl adjacent to an activating group) is 1. The van der Waals surface area contributed by atoms with E-state index in [4.69, 9.17) is 14.2 Å². The van der Waals surface area contributed by atoms with E-state index in [9.17, 15) is 19.5 Å². The van der Waals surface area contributed by atoms with Crippen LogP contribution in [0.1, 0.15) is 226 Å². The number of quaternary nitrogens is 1. The first kappa shape index (κ1) is 52.3. The van der Waals surface area contributed by atoms with E-state index in [2.05, 4.69) is 13.8 Å². The molecule has 0 heterocycles. The Morgan fingerprint density at radius 3 is 1.15 bits per heavy atom. The highest BCUT2D eigenvalue weighted by Crippen LogP contribution is 2.16. The summed E-state index contributed by atoms with van der Waals surface area (Å²) in [6, 6.07) is -0.607. The zero-order chi connectivity index (χ0) is 40.0. The summed E-state index contributed by atoms with van der Waals surface area (Å²) in [7, 11) is 5.54. The highest BCUT2D eigenvalue weighted by atomic mass is 16.6. The molecular formula is C46H90NO7+. The largest absolute Gasteiger partial charge is 0.477 e. The Morgan fingerprint density at radius 1 is 0.481 bits per heavy atom. The van der Waals surface area contributed by atoms with Crippen molar-refractivity contribution < 1.29 is 38.2 Å². The summed E-state index contributed by atoms with van der Waals surface area (Å²) in [5, 5.41) is 9.61. The number of carbonyl (C=O) groups is 3. The van der Waals surface area contributed by atoms with Gasteiger partial charge in [-0.15, -0.1) is 0 Å². The predicted octanol–water partition coefficient (Wildman–Crippen LogP) is 12.5. The van der Waals surface area contributed by atoms with Crippen LogP contribution in [0.3, 0.4) is 0 Å². The number of carboxylic acid groups (broad SMARTS) is 1. The van der Waals surface area contributed by atoms with E-state index in [1.165, 1.54) is 154 Å². The number of ether oxygens (including phenoxy) is 3. The van der Waals surface area contributed by atoms with Gasteiger partial charge in [0.2, 0.25) is 0 Å². The van der Waals surface area contributed by atoms with Gasteiger partial charge in [0.1, 0.15) is 6.61 Å². The topological polar surface area (TPSA) is 99.1 Å². The highest BCUT2D eigenvalue weighted by Gasteiger charge is 2.31. The lowest BCUT2D eigenvalue weighted by atomic mass is 10.0. The second kappa shape index (κ2) is 38.2. The van der Waals surface area contributed by atoms with Crippen molar-refractivity contribution in [1.82, 2.24) is 0 Å². The molecule has 320 valence electrons. The average Bonchev–Trinajstić information content (AvgIpc) is 3.12. The Kier molecular flexibility index (Phi) is 37.0. The van der Waals surface area contributed by atoms with E-state index in [1.807, 2.05) is 21.1 Å². The number of esters is 2. The van der Waals surface area contributed by atoms with Gasteiger partial charge in [-0.05, 0) is 12.8 Å². The van der Waals surface area contributed by atoms with Crippen LogP contribution >= 0.6 is 0 Å². The summed E-state index contributed by atoms with van der Waals surface area (Å²) in [6.45, 7) is 4.76. The first-order valence-corrected chi connectivity index (χ1v) is 23.1. The molecule has 0 spiro atoms. The maximum Gasteiger partial charge on any atom is 0.362 e.